The average Bonchev–Trinajstić information content (AvgIpc) is 4.10. The monoisotopic (exact) mass is 981 g/mol. The molecule has 2 atom stereocenters. The van der Waals surface area contributed by atoms with Gasteiger partial charge in [0.05, 0.1) is 32.8 Å². The van der Waals surface area contributed by atoms with Crippen LogP contribution in [0, 0.1) is 0 Å². The molecule has 0 saturated carbocycles. The van der Waals surface area contributed by atoms with Crippen molar-refractivity contribution in [3.05, 3.63) is 84.0 Å². The van der Waals surface area contributed by atoms with Crippen molar-refractivity contribution in [2.45, 2.75) is 142 Å². The standard InChI is InChI=1S/C27H32O4.C9H21N.2C4H14OSi2.CHF3O3S/c1-5-7-19-13-21(9-11-25(19)30-17-23-15-28-23)27(3,4)22-10-12-26(20(14-22)8-6-2)31-18-24-16-29-24;1-4-7-10(8-5-2)9-6-3;2*1-6(2)5-7(3)4;2-1(3,4)8(5,6)7/h5-6,9-14,23-24H,1-2,7-8,15-18H2,3-4H3;4-9H2,1-3H3;2*6-7H,1-4H3;(H,5,6,7). The van der Waals surface area contributed by atoms with E-state index in [2.05, 4.69) is 137 Å². The predicted molar refractivity (Wildman–Crippen MR) is 263 cm³/mol. The minimum Gasteiger partial charge on any atom is -0.741 e. The molecule has 18 heteroatoms. The van der Waals surface area contributed by atoms with Gasteiger partial charge in [0.1, 0.15) is 36.9 Å². The molecule has 2 aliphatic rings. The van der Waals surface area contributed by atoms with Crippen LogP contribution >= 0.6 is 0 Å². The predicted octanol–water partition coefficient (Wildman–Crippen LogP) is 8.12. The minimum absolute atomic E-state index is 0.178. The van der Waals surface area contributed by atoms with E-state index in [1.165, 1.54) is 50.0 Å². The van der Waals surface area contributed by atoms with E-state index in [9.17, 15) is 13.2 Å². The van der Waals surface area contributed by atoms with Crippen molar-refractivity contribution in [2.75, 3.05) is 46.1 Å². The summed E-state index contributed by atoms with van der Waals surface area (Å²) in [6.07, 6.45) is 9.84. The number of halogens is 3. The normalized spacial score (nSPS) is 15.6. The van der Waals surface area contributed by atoms with Gasteiger partial charge < -0.3 is 36.6 Å². The first-order valence-electron chi connectivity index (χ1n) is 22.5. The third-order valence-corrected chi connectivity index (χ3v) is 18.4. The van der Waals surface area contributed by atoms with Gasteiger partial charge in [-0.15, -0.1) is 13.2 Å². The number of quaternary nitrogens is 1. The van der Waals surface area contributed by atoms with E-state index in [0.717, 1.165) is 48.7 Å². The van der Waals surface area contributed by atoms with E-state index in [1.54, 1.807) is 4.90 Å². The van der Waals surface area contributed by atoms with Gasteiger partial charge in [-0.1, -0.05) is 71.0 Å². The second-order valence-electron chi connectivity index (χ2n) is 17.2. The highest BCUT2D eigenvalue weighted by Gasteiger charge is 2.37. The number of nitrogens with one attached hydrogen (secondary N) is 1. The fourth-order valence-electron chi connectivity index (χ4n) is 6.23. The molecular formula is C45H82F3NO9SSi4. The van der Waals surface area contributed by atoms with Crippen LogP contribution in [0.2, 0.25) is 52.4 Å². The Kier molecular flexibility index (Phi) is 30.7. The lowest BCUT2D eigenvalue weighted by Gasteiger charge is -2.28. The van der Waals surface area contributed by atoms with E-state index >= 15 is 0 Å². The molecule has 2 aromatic rings. The third-order valence-electron chi connectivity index (χ3n) is 9.13. The lowest BCUT2D eigenvalue weighted by molar-refractivity contribution is -0.900. The highest BCUT2D eigenvalue weighted by molar-refractivity contribution is 7.86. The quantitative estimate of drug-likeness (QED) is 0.0410. The SMILES string of the molecule is C=CCc1cc(C(C)(C)c2ccc(OCC3CO3)c(CC=C)c2)ccc1OCC1CO1.CCC[NH+](CCC)CCC.C[SiH](C)O[SiH](C)C.C[SiH](C)O[SiH](C)C.O=S(=O)([O-])C(F)(F)F. The molecule has 2 heterocycles. The van der Waals surface area contributed by atoms with Gasteiger partial charge in [0.15, 0.2) is 46.3 Å². The molecule has 0 spiro atoms. The van der Waals surface area contributed by atoms with E-state index in [-0.39, 0.29) is 17.6 Å². The maximum Gasteiger partial charge on any atom is 0.485 e. The van der Waals surface area contributed by atoms with Gasteiger partial charge in [-0.2, -0.15) is 13.2 Å². The van der Waals surface area contributed by atoms with Gasteiger partial charge in [-0.25, -0.2) is 8.42 Å². The molecule has 2 aromatic carbocycles. The van der Waals surface area contributed by atoms with Gasteiger partial charge in [-0.3, -0.25) is 0 Å². The molecule has 0 bridgehead atoms. The van der Waals surface area contributed by atoms with E-state index in [1.807, 2.05) is 12.2 Å². The summed E-state index contributed by atoms with van der Waals surface area (Å²) < 4.78 is 92.5. The van der Waals surface area contributed by atoms with Crippen LogP contribution in [0.1, 0.15) is 76.1 Å². The van der Waals surface area contributed by atoms with E-state index in [4.69, 9.17) is 40.1 Å². The molecule has 0 aliphatic carbocycles. The third kappa shape index (κ3) is 28.5. The minimum atomic E-state index is -6.09. The Hall–Kier alpha value is -2.11. The Morgan fingerprint density at radius 1 is 0.698 bits per heavy atom. The van der Waals surface area contributed by atoms with Crippen molar-refractivity contribution in [3.63, 3.8) is 0 Å². The molecule has 4 rings (SSSR count). The summed E-state index contributed by atoms with van der Waals surface area (Å²) in [5.41, 5.74) is -1.04. The first-order valence-corrected chi connectivity index (χ1v) is 35.0. The molecule has 2 aliphatic heterocycles. The van der Waals surface area contributed by atoms with E-state index in [0.29, 0.717) is 13.2 Å². The van der Waals surface area contributed by atoms with Crippen LogP contribution in [-0.4, -0.2) is 113 Å². The summed E-state index contributed by atoms with van der Waals surface area (Å²) in [6.45, 7) is 43.8. The maximum atomic E-state index is 10.7. The number of benzene rings is 2. The molecule has 1 N–H and O–H groups in total. The largest absolute Gasteiger partial charge is 0.741 e. The highest BCUT2D eigenvalue weighted by Crippen LogP contribution is 2.37. The van der Waals surface area contributed by atoms with Crippen LogP contribution in [0.4, 0.5) is 13.2 Å². The zero-order chi connectivity index (χ0) is 48.4. The number of hydrogen-bond donors (Lipinski definition) is 1. The number of epoxide rings is 2. The number of ether oxygens (including phenoxy) is 4. The van der Waals surface area contributed by atoms with Crippen molar-refractivity contribution in [1.82, 2.24) is 0 Å². The number of allylic oxidation sites excluding steroid dienone is 2. The molecule has 2 fully saturated rings. The van der Waals surface area contributed by atoms with E-state index < -0.39 is 51.8 Å². The summed E-state index contributed by atoms with van der Waals surface area (Å²) in [7, 11) is -8.76. The van der Waals surface area contributed by atoms with Crippen LogP contribution in [-0.2, 0) is 46.1 Å². The number of hydrogen-bond acceptors (Lipinski definition) is 9. The Balaban J connectivity index is 0.000000976. The molecule has 364 valence electrons. The van der Waals surface area contributed by atoms with Crippen molar-refractivity contribution >= 4 is 46.3 Å². The van der Waals surface area contributed by atoms with Gasteiger partial charge >= 0.3 is 5.51 Å². The Morgan fingerprint density at radius 3 is 1.21 bits per heavy atom. The molecule has 0 aromatic heterocycles. The van der Waals surface area contributed by atoms with Gasteiger partial charge in [-0.05, 0) is 119 Å². The molecule has 0 radical (unpaired) electrons. The van der Waals surface area contributed by atoms with Crippen molar-refractivity contribution in [1.29, 1.82) is 0 Å². The Labute approximate surface area is 386 Å². The van der Waals surface area contributed by atoms with Gasteiger partial charge in [0, 0.05) is 5.41 Å². The molecule has 0 amide bonds. The second kappa shape index (κ2) is 31.7. The zero-order valence-corrected chi connectivity index (χ0v) is 46.1. The fourth-order valence-corrected chi connectivity index (χ4v) is 14.9. The smallest absolute Gasteiger partial charge is 0.485 e. The Morgan fingerprint density at radius 2 is 1.00 bits per heavy atom. The zero-order valence-electron chi connectivity index (χ0n) is 40.7. The Bertz CT molecular complexity index is 1560. The lowest BCUT2D eigenvalue weighted by Crippen LogP contribution is -3.11. The van der Waals surface area contributed by atoms with Crippen LogP contribution in [0.15, 0.2) is 61.7 Å². The summed E-state index contributed by atoms with van der Waals surface area (Å²) in [5, 5.41) is 0. The topological polar surface area (TPSA) is 124 Å². The van der Waals surface area contributed by atoms with Crippen LogP contribution in [0.25, 0.3) is 0 Å². The summed E-state index contributed by atoms with van der Waals surface area (Å²) in [6, 6.07) is 13.0. The summed E-state index contributed by atoms with van der Waals surface area (Å²) >= 11 is 0. The van der Waals surface area contributed by atoms with Crippen LogP contribution in [0.3, 0.4) is 0 Å². The van der Waals surface area contributed by atoms with Crippen molar-refractivity contribution < 1.29 is 58.2 Å². The second-order valence-corrected chi connectivity index (χ2v) is 29.1. The fraction of sp³-hybridized carbons (Fsp3) is 0.644. The van der Waals surface area contributed by atoms with Crippen molar-refractivity contribution in [2.24, 2.45) is 0 Å². The average molecular weight is 983 g/mol. The summed E-state index contributed by atoms with van der Waals surface area (Å²) in [5.74, 6) is 1.82. The first kappa shape index (κ1) is 60.9. The molecule has 2 saturated heterocycles. The maximum absolute atomic E-state index is 10.7. The number of rotatable bonds is 22. The molecule has 63 heavy (non-hydrogen) atoms. The molecule has 2 unspecified atom stereocenters. The highest BCUT2D eigenvalue weighted by atomic mass is 32.2. The summed E-state index contributed by atoms with van der Waals surface area (Å²) in [4.78, 5) is 1.78. The van der Waals surface area contributed by atoms with Crippen LogP contribution in [0.5, 0.6) is 11.5 Å². The number of alkyl halides is 3. The first-order chi connectivity index (χ1) is 29.4. The van der Waals surface area contributed by atoms with Crippen molar-refractivity contribution in [3.8, 4) is 11.5 Å². The van der Waals surface area contributed by atoms with Gasteiger partial charge in [0.25, 0.3) is 0 Å². The molecule has 10 nitrogen and oxygen atoms in total. The molecular weight excluding hydrogens is 900 g/mol. The lowest BCUT2D eigenvalue weighted by atomic mass is 9.77. The van der Waals surface area contributed by atoms with Crippen LogP contribution < -0.4 is 14.4 Å². The van der Waals surface area contributed by atoms with Gasteiger partial charge in [0.2, 0.25) is 0 Å².